The van der Waals surface area contributed by atoms with Gasteiger partial charge >= 0.3 is 11.7 Å². The molecule has 64 valence electrons. The van der Waals surface area contributed by atoms with E-state index >= 15 is 0 Å². The van der Waals surface area contributed by atoms with Crippen LogP contribution in [-0.4, -0.2) is 16.0 Å². The maximum atomic E-state index is 10.8. The zero-order valence-corrected chi connectivity index (χ0v) is 5.88. The Hall–Kier alpha value is -2.05. The van der Waals surface area contributed by atoms with Crippen molar-refractivity contribution in [2.45, 2.75) is 0 Å². The number of anilines is 1. The summed E-state index contributed by atoms with van der Waals surface area (Å²) in [7, 11) is 0. The number of nitrogens with one attached hydrogen (secondary N) is 3. The molecular formula is C5H6N4O3. The van der Waals surface area contributed by atoms with E-state index in [1.807, 2.05) is 10.3 Å². The lowest BCUT2D eigenvalue weighted by Crippen LogP contribution is -2.28. The number of rotatable bonds is 1. The van der Waals surface area contributed by atoms with Gasteiger partial charge in [-0.25, -0.2) is 9.59 Å². The van der Waals surface area contributed by atoms with Crippen molar-refractivity contribution in [1.29, 1.82) is 0 Å². The van der Waals surface area contributed by atoms with Crippen molar-refractivity contribution < 1.29 is 4.79 Å². The molecule has 2 amide bonds. The number of amides is 2. The van der Waals surface area contributed by atoms with Crippen molar-refractivity contribution in [2.24, 2.45) is 5.73 Å². The van der Waals surface area contributed by atoms with E-state index in [2.05, 4.69) is 4.98 Å². The molecule has 1 aromatic heterocycles. The van der Waals surface area contributed by atoms with Crippen molar-refractivity contribution in [1.82, 2.24) is 9.97 Å². The molecule has 1 rings (SSSR count). The highest BCUT2D eigenvalue weighted by Gasteiger charge is 2.00. The minimum atomic E-state index is -0.868. The summed E-state index contributed by atoms with van der Waals surface area (Å²) < 4.78 is 0. The number of primary amides is 1. The summed E-state index contributed by atoms with van der Waals surface area (Å²) in [6.07, 6.45) is 1.06. The summed E-state index contributed by atoms with van der Waals surface area (Å²) in [6, 6.07) is -0.868. The van der Waals surface area contributed by atoms with Crippen LogP contribution in [0.2, 0.25) is 0 Å². The second-order valence-corrected chi connectivity index (χ2v) is 1.97. The van der Waals surface area contributed by atoms with Crippen LogP contribution in [-0.2, 0) is 0 Å². The molecule has 0 saturated heterocycles. The third-order valence-electron chi connectivity index (χ3n) is 1.08. The van der Waals surface area contributed by atoms with Crippen molar-refractivity contribution in [3.8, 4) is 0 Å². The van der Waals surface area contributed by atoms with Crippen molar-refractivity contribution in [3.05, 3.63) is 27.0 Å². The Kier molecular flexibility index (Phi) is 1.95. The normalized spacial score (nSPS) is 9.33. The monoisotopic (exact) mass is 170 g/mol. The van der Waals surface area contributed by atoms with Crippen LogP contribution in [0.1, 0.15) is 0 Å². The van der Waals surface area contributed by atoms with Crippen molar-refractivity contribution in [2.75, 3.05) is 5.32 Å². The van der Waals surface area contributed by atoms with Gasteiger partial charge in [0, 0.05) is 6.20 Å². The van der Waals surface area contributed by atoms with Crippen LogP contribution in [0.15, 0.2) is 15.8 Å². The molecule has 0 unspecified atom stereocenters. The molecule has 0 aliphatic rings. The largest absolute Gasteiger partial charge is 0.351 e. The number of urea groups is 1. The lowest BCUT2D eigenvalue weighted by molar-refractivity contribution is 0.259. The van der Waals surface area contributed by atoms with Crippen LogP contribution in [0.4, 0.5) is 10.5 Å². The van der Waals surface area contributed by atoms with Gasteiger partial charge < -0.3 is 16.0 Å². The molecule has 0 atom stereocenters. The molecule has 0 aromatic carbocycles. The molecule has 0 spiro atoms. The highest BCUT2D eigenvalue weighted by Crippen LogP contribution is 1.89. The van der Waals surface area contributed by atoms with E-state index in [1.165, 1.54) is 0 Å². The molecule has 1 heterocycles. The predicted octanol–water partition coefficient (Wildman–Crippen LogP) is -1.45. The summed E-state index contributed by atoms with van der Waals surface area (Å²) in [5, 5.41) is 2.03. The quantitative estimate of drug-likeness (QED) is 0.412. The van der Waals surface area contributed by atoms with Crippen molar-refractivity contribution >= 4 is 11.7 Å². The van der Waals surface area contributed by atoms with E-state index in [9.17, 15) is 14.4 Å². The first-order valence-electron chi connectivity index (χ1n) is 2.98. The molecule has 5 N–H and O–H groups in total. The Balaban J connectivity index is 3.10. The Morgan fingerprint density at radius 3 is 2.67 bits per heavy atom. The number of nitrogens with two attached hydrogens (primary N) is 1. The first-order chi connectivity index (χ1) is 5.59. The Morgan fingerprint density at radius 1 is 1.50 bits per heavy atom. The fraction of sp³-hybridized carbons (Fsp3) is 0. The van der Waals surface area contributed by atoms with Gasteiger partial charge in [-0.05, 0) is 0 Å². The molecule has 0 fully saturated rings. The van der Waals surface area contributed by atoms with E-state index in [0.717, 1.165) is 6.20 Å². The van der Waals surface area contributed by atoms with Crippen LogP contribution in [0.25, 0.3) is 0 Å². The van der Waals surface area contributed by atoms with Gasteiger partial charge in [0.05, 0.1) is 0 Å². The van der Waals surface area contributed by atoms with Gasteiger partial charge in [-0.1, -0.05) is 0 Å². The first kappa shape index (κ1) is 8.05. The molecule has 0 aliphatic carbocycles. The zero-order chi connectivity index (χ0) is 9.14. The molecule has 12 heavy (non-hydrogen) atoms. The summed E-state index contributed by atoms with van der Waals surface area (Å²) in [5.74, 6) is 0. The zero-order valence-electron chi connectivity index (χ0n) is 5.88. The fourth-order valence-electron chi connectivity index (χ4n) is 0.635. The van der Waals surface area contributed by atoms with E-state index in [4.69, 9.17) is 5.73 Å². The molecule has 0 aliphatic heterocycles. The lowest BCUT2D eigenvalue weighted by atomic mass is 10.5. The molecule has 1 aromatic rings. The Labute approximate surface area is 65.6 Å². The van der Waals surface area contributed by atoms with Crippen LogP contribution < -0.4 is 22.3 Å². The minimum Gasteiger partial charge on any atom is -0.351 e. The standard InChI is InChI=1S/C5H6N4O3/c6-4(11)8-2-1-7-5(12)9-3(2)10/h1H,(H3,6,8,11)(H2,7,9,10,12). The van der Waals surface area contributed by atoms with Gasteiger partial charge in [0.1, 0.15) is 5.69 Å². The smallest absolute Gasteiger partial charge is 0.325 e. The van der Waals surface area contributed by atoms with E-state index in [1.54, 1.807) is 0 Å². The average Bonchev–Trinajstić information content (AvgIpc) is 1.94. The first-order valence-corrected chi connectivity index (χ1v) is 2.98. The van der Waals surface area contributed by atoms with E-state index in [0.29, 0.717) is 0 Å². The molecule has 0 bridgehead atoms. The summed E-state index contributed by atoms with van der Waals surface area (Å²) >= 11 is 0. The summed E-state index contributed by atoms with van der Waals surface area (Å²) in [4.78, 5) is 35.6. The topological polar surface area (TPSA) is 121 Å². The fourth-order valence-corrected chi connectivity index (χ4v) is 0.635. The second-order valence-electron chi connectivity index (χ2n) is 1.97. The summed E-state index contributed by atoms with van der Waals surface area (Å²) in [6.45, 7) is 0. The lowest BCUT2D eigenvalue weighted by Gasteiger charge is -1.96. The predicted molar refractivity (Wildman–Crippen MR) is 40.9 cm³/mol. The van der Waals surface area contributed by atoms with Crippen LogP contribution in [0.3, 0.4) is 0 Å². The second kappa shape index (κ2) is 2.91. The van der Waals surface area contributed by atoms with Gasteiger partial charge in [0.15, 0.2) is 0 Å². The van der Waals surface area contributed by atoms with Crippen molar-refractivity contribution in [3.63, 3.8) is 0 Å². The number of hydrogen-bond acceptors (Lipinski definition) is 3. The highest BCUT2D eigenvalue weighted by atomic mass is 16.2. The third-order valence-corrected chi connectivity index (χ3v) is 1.08. The molecule has 0 radical (unpaired) electrons. The molecule has 0 saturated carbocycles. The Morgan fingerprint density at radius 2 is 2.17 bits per heavy atom. The number of carbonyl (C=O) groups is 1. The Bertz CT molecular complexity index is 404. The SMILES string of the molecule is NC(=O)Nc1c[nH]c(=O)[nH]c1=O. The third kappa shape index (κ3) is 1.72. The van der Waals surface area contributed by atoms with Crippen LogP contribution >= 0.6 is 0 Å². The van der Waals surface area contributed by atoms with Gasteiger partial charge in [-0.2, -0.15) is 0 Å². The maximum Gasteiger partial charge on any atom is 0.325 e. The van der Waals surface area contributed by atoms with Gasteiger partial charge in [-0.3, -0.25) is 9.78 Å². The molecule has 7 nitrogen and oxygen atoms in total. The van der Waals surface area contributed by atoms with Crippen LogP contribution in [0, 0.1) is 0 Å². The minimum absolute atomic E-state index is 0.0953. The molecular weight excluding hydrogens is 164 g/mol. The number of H-pyrrole nitrogens is 2. The van der Waals surface area contributed by atoms with Gasteiger partial charge in [0.2, 0.25) is 0 Å². The summed E-state index contributed by atoms with van der Waals surface area (Å²) in [5.41, 5.74) is 3.30. The van der Waals surface area contributed by atoms with Gasteiger partial charge in [0.25, 0.3) is 5.56 Å². The van der Waals surface area contributed by atoms with Crippen LogP contribution in [0.5, 0.6) is 0 Å². The molecule has 7 heteroatoms. The van der Waals surface area contributed by atoms with Gasteiger partial charge in [-0.15, -0.1) is 0 Å². The van der Waals surface area contributed by atoms with E-state index in [-0.39, 0.29) is 5.69 Å². The van der Waals surface area contributed by atoms with E-state index < -0.39 is 17.3 Å². The number of aromatic nitrogens is 2. The number of carbonyl (C=O) groups excluding carboxylic acids is 1. The highest BCUT2D eigenvalue weighted by molar-refractivity contribution is 5.87. The number of aromatic amines is 2. The average molecular weight is 170 g/mol. The number of hydrogen-bond donors (Lipinski definition) is 4. The maximum absolute atomic E-state index is 10.8.